The Morgan fingerprint density at radius 1 is 1.28 bits per heavy atom. The molecule has 6 heteroatoms. The highest BCUT2D eigenvalue weighted by Gasteiger charge is 2.17. The van der Waals surface area contributed by atoms with Crippen LogP contribution in [0.2, 0.25) is 0 Å². The van der Waals surface area contributed by atoms with Crippen molar-refractivity contribution in [2.75, 3.05) is 31.1 Å². The number of nitrogens with one attached hydrogen (secondary N) is 1. The molecule has 0 aromatic rings. The fourth-order valence-electron chi connectivity index (χ4n) is 1.54. The highest BCUT2D eigenvalue weighted by molar-refractivity contribution is 7.99. The van der Waals surface area contributed by atoms with Crippen molar-refractivity contribution < 1.29 is 14.7 Å². The van der Waals surface area contributed by atoms with E-state index in [0.29, 0.717) is 6.42 Å². The molecule has 0 spiro atoms. The van der Waals surface area contributed by atoms with E-state index in [2.05, 4.69) is 24.1 Å². The van der Waals surface area contributed by atoms with Gasteiger partial charge < -0.3 is 15.3 Å². The molecule has 18 heavy (non-hydrogen) atoms. The summed E-state index contributed by atoms with van der Waals surface area (Å²) in [5.74, 6) is 0.483. The molecule has 0 aliphatic rings. The van der Waals surface area contributed by atoms with Gasteiger partial charge in [-0.15, -0.1) is 0 Å². The summed E-state index contributed by atoms with van der Waals surface area (Å²) in [7, 11) is 0. The van der Waals surface area contributed by atoms with E-state index in [4.69, 9.17) is 5.11 Å². The predicted molar refractivity (Wildman–Crippen MR) is 75.0 cm³/mol. The Hall–Kier alpha value is -0.750. The van der Waals surface area contributed by atoms with Gasteiger partial charge in [-0.1, -0.05) is 13.8 Å². The van der Waals surface area contributed by atoms with Crippen LogP contribution in [-0.4, -0.2) is 59.1 Å². The normalized spacial score (nSPS) is 12.4. The molecule has 0 aromatic heterocycles. The van der Waals surface area contributed by atoms with Crippen LogP contribution in [0.15, 0.2) is 0 Å². The van der Waals surface area contributed by atoms with Crippen molar-refractivity contribution in [2.24, 2.45) is 0 Å². The third-order valence-electron chi connectivity index (χ3n) is 2.67. The molecular weight excluding hydrogens is 252 g/mol. The lowest BCUT2D eigenvalue weighted by atomic mass is 10.2. The number of carbonyl (C=O) groups excluding carboxylic acids is 1. The molecule has 5 nitrogen and oxygen atoms in total. The first-order valence-electron chi connectivity index (χ1n) is 6.31. The number of amides is 1. The maximum Gasteiger partial charge on any atom is 0.326 e. The average molecular weight is 276 g/mol. The van der Waals surface area contributed by atoms with Crippen LogP contribution in [0.5, 0.6) is 0 Å². The molecule has 0 fully saturated rings. The minimum absolute atomic E-state index is 0.296. The second kappa shape index (κ2) is 10.2. The summed E-state index contributed by atoms with van der Waals surface area (Å²) in [5, 5.41) is 11.3. The van der Waals surface area contributed by atoms with Gasteiger partial charge in [-0.2, -0.15) is 11.8 Å². The molecule has 0 bridgehead atoms. The summed E-state index contributed by atoms with van der Waals surface area (Å²) < 4.78 is 0. The van der Waals surface area contributed by atoms with E-state index in [0.717, 1.165) is 31.1 Å². The van der Waals surface area contributed by atoms with E-state index in [1.165, 1.54) is 6.92 Å². The Morgan fingerprint density at radius 2 is 1.89 bits per heavy atom. The van der Waals surface area contributed by atoms with Crippen molar-refractivity contribution in [1.82, 2.24) is 10.2 Å². The standard InChI is InChI=1S/C12H24N2O3S/c1-4-14(5-2)7-9-18-8-6-11(12(16)17)13-10(3)15/h11H,4-9H2,1-3H3,(H,13,15)(H,16,17). The lowest BCUT2D eigenvalue weighted by molar-refractivity contribution is -0.141. The summed E-state index contributed by atoms with van der Waals surface area (Å²) >= 11 is 1.73. The first-order chi connectivity index (χ1) is 8.51. The van der Waals surface area contributed by atoms with E-state index in [-0.39, 0.29) is 5.91 Å². The van der Waals surface area contributed by atoms with E-state index >= 15 is 0 Å². The molecule has 0 rings (SSSR count). The summed E-state index contributed by atoms with van der Waals surface area (Å²) in [4.78, 5) is 24.0. The first-order valence-corrected chi connectivity index (χ1v) is 7.46. The molecule has 0 aliphatic heterocycles. The molecule has 106 valence electrons. The van der Waals surface area contributed by atoms with E-state index in [1.54, 1.807) is 11.8 Å². The number of carboxylic acids is 1. The fraction of sp³-hybridized carbons (Fsp3) is 0.833. The van der Waals surface area contributed by atoms with Crippen LogP contribution in [0.1, 0.15) is 27.2 Å². The Bertz CT molecular complexity index is 258. The number of carboxylic acid groups (broad SMARTS) is 1. The fourth-order valence-corrected chi connectivity index (χ4v) is 2.53. The molecule has 1 unspecified atom stereocenters. The van der Waals surface area contributed by atoms with Crippen molar-refractivity contribution in [3.8, 4) is 0 Å². The lowest BCUT2D eigenvalue weighted by Gasteiger charge is -2.17. The molecule has 0 saturated heterocycles. The highest BCUT2D eigenvalue weighted by Crippen LogP contribution is 2.06. The quantitative estimate of drug-likeness (QED) is 0.584. The third kappa shape index (κ3) is 8.36. The van der Waals surface area contributed by atoms with E-state index in [9.17, 15) is 9.59 Å². The second-order valence-electron chi connectivity index (χ2n) is 4.02. The molecule has 0 radical (unpaired) electrons. The van der Waals surface area contributed by atoms with Gasteiger partial charge in [0.15, 0.2) is 0 Å². The average Bonchev–Trinajstić information content (AvgIpc) is 2.31. The summed E-state index contributed by atoms with van der Waals surface area (Å²) in [5.41, 5.74) is 0. The second-order valence-corrected chi connectivity index (χ2v) is 5.24. The van der Waals surface area contributed by atoms with Crippen LogP contribution in [0, 0.1) is 0 Å². The molecular formula is C12H24N2O3S. The SMILES string of the molecule is CCN(CC)CCSCCC(NC(C)=O)C(=O)O. The topological polar surface area (TPSA) is 69.6 Å². The Morgan fingerprint density at radius 3 is 2.33 bits per heavy atom. The lowest BCUT2D eigenvalue weighted by Crippen LogP contribution is -2.40. The van der Waals surface area contributed by atoms with Gasteiger partial charge >= 0.3 is 5.97 Å². The van der Waals surface area contributed by atoms with Crippen LogP contribution in [0.25, 0.3) is 0 Å². The number of thioether (sulfide) groups is 1. The van der Waals surface area contributed by atoms with Gasteiger partial charge in [0.05, 0.1) is 0 Å². The zero-order valence-corrected chi connectivity index (χ0v) is 12.3. The van der Waals surface area contributed by atoms with Crippen molar-refractivity contribution in [2.45, 2.75) is 33.2 Å². The molecule has 0 saturated carbocycles. The van der Waals surface area contributed by atoms with Crippen LogP contribution >= 0.6 is 11.8 Å². The largest absolute Gasteiger partial charge is 0.480 e. The summed E-state index contributed by atoms with van der Waals surface area (Å²) in [6.45, 7) is 8.71. The molecule has 0 aliphatic carbocycles. The molecule has 0 heterocycles. The highest BCUT2D eigenvalue weighted by atomic mass is 32.2. The molecule has 1 atom stereocenters. The predicted octanol–water partition coefficient (Wildman–Crippen LogP) is 1.04. The Kier molecular flexibility index (Phi) is 9.77. The number of hydrogen-bond acceptors (Lipinski definition) is 4. The zero-order chi connectivity index (χ0) is 14.0. The van der Waals surface area contributed by atoms with Crippen LogP contribution in [0.3, 0.4) is 0 Å². The van der Waals surface area contributed by atoms with E-state index < -0.39 is 12.0 Å². The minimum atomic E-state index is -0.963. The van der Waals surface area contributed by atoms with E-state index in [1.807, 2.05) is 0 Å². The number of hydrogen-bond donors (Lipinski definition) is 2. The first kappa shape index (κ1) is 17.2. The number of rotatable bonds is 10. The summed E-state index contributed by atoms with van der Waals surface area (Å²) in [6, 6.07) is -0.761. The van der Waals surface area contributed by atoms with Gasteiger partial charge in [-0.25, -0.2) is 4.79 Å². The number of aliphatic carboxylic acids is 1. The molecule has 1 amide bonds. The van der Waals surface area contributed by atoms with Gasteiger partial charge in [-0.05, 0) is 25.3 Å². The van der Waals surface area contributed by atoms with Crippen LogP contribution in [-0.2, 0) is 9.59 Å². The van der Waals surface area contributed by atoms with Gasteiger partial charge in [0.25, 0.3) is 0 Å². The Balaban J connectivity index is 3.73. The van der Waals surface area contributed by atoms with Gasteiger partial charge in [0, 0.05) is 19.2 Å². The van der Waals surface area contributed by atoms with Gasteiger partial charge in [-0.3, -0.25) is 4.79 Å². The summed E-state index contributed by atoms with van der Waals surface area (Å²) in [6.07, 6.45) is 0.470. The van der Waals surface area contributed by atoms with Crippen LogP contribution in [0.4, 0.5) is 0 Å². The van der Waals surface area contributed by atoms with Crippen molar-refractivity contribution in [3.05, 3.63) is 0 Å². The maximum absolute atomic E-state index is 10.9. The maximum atomic E-state index is 10.9. The van der Waals surface area contributed by atoms with Crippen molar-refractivity contribution in [1.29, 1.82) is 0 Å². The number of nitrogens with zero attached hydrogens (tertiary/aromatic N) is 1. The third-order valence-corrected chi connectivity index (χ3v) is 3.67. The van der Waals surface area contributed by atoms with Crippen LogP contribution < -0.4 is 5.32 Å². The smallest absolute Gasteiger partial charge is 0.326 e. The zero-order valence-electron chi connectivity index (χ0n) is 11.4. The van der Waals surface area contributed by atoms with Crippen molar-refractivity contribution in [3.63, 3.8) is 0 Å². The van der Waals surface area contributed by atoms with Gasteiger partial charge in [0.2, 0.25) is 5.91 Å². The monoisotopic (exact) mass is 276 g/mol. The number of carbonyl (C=O) groups is 2. The molecule has 2 N–H and O–H groups in total. The Labute approximate surface area is 113 Å². The molecule has 0 aromatic carbocycles. The van der Waals surface area contributed by atoms with Gasteiger partial charge in [0.1, 0.15) is 6.04 Å². The van der Waals surface area contributed by atoms with Crippen molar-refractivity contribution >= 4 is 23.6 Å². The minimum Gasteiger partial charge on any atom is -0.480 e.